The fourth-order valence-electron chi connectivity index (χ4n) is 3.09. The Morgan fingerprint density at radius 3 is 2.48 bits per heavy atom. The molecule has 136 valence electrons. The standard InChI is InChI=1S/C21H19N3O2S/c1-15-18(4-3-12-22-15)14-24-13-11-17-7-10-20(23-21(17)24)16-5-8-19(9-6-16)27(2,25)26/h3-13H,14H2,1-2H3. The van der Waals surface area contributed by atoms with E-state index in [2.05, 4.69) is 15.6 Å². The molecule has 5 nitrogen and oxygen atoms in total. The van der Waals surface area contributed by atoms with Gasteiger partial charge >= 0.3 is 0 Å². The number of aryl methyl sites for hydroxylation is 1. The summed E-state index contributed by atoms with van der Waals surface area (Å²) in [5.41, 5.74) is 4.74. The molecule has 0 amide bonds. The van der Waals surface area contributed by atoms with Crippen molar-refractivity contribution in [2.45, 2.75) is 18.4 Å². The fourth-order valence-corrected chi connectivity index (χ4v) is 3.72. The normalized spacial score (nSPS) is 11.8. The molecule has 3 heterocycles. The minimum absolute atomic E-state index is 0.308. The summed E-state index contributed by atoms with van der Waals surface area (Å²) < 4.78 is 25.4. The van der Waals surface area contributed by atoms with Crippen LogP contribution in [0.25, 0.3) is 22.3 Å². The molecular weight excluding hydrogens is 358 g/mol. The van der Waals surface area contributed by atoms with Gasteiger partial charge in [0.05, 0.1) is 17.1 Å². The van der Waals surface area contributed by atoms with Gasteiger partial charge in [-0.1, -0.05) is 18.2 Å². The van der Waals surface area contributed by atoms with Crippen molar-refractivity contribution >= 4 is 20.9 Å². The largest absolute Gasteiger partial charge is 0.328 e. The Hall–Kier alpha value is -2.99. The van der Waals surface area contributed by atoms with Gasteiger partial charge in [-0.3, -0.25) is 4.98 Å². The average Bonchev–Trinajstić information content (AvgIpc) is 3.05. The summed E-state index contributed by atoms with van der Waals surface area (Å²) >= 11 is 0. The van der Waals surface area contributed by atoms with E-state index in [-0.39, 0.29) is 0 Å². The predicted octanol–water partition coefficient (Wildman–Crippen LogP) is 3.86. The van der Waals surface area contributed by atoms with Crippen LogP contribution in [-0.4, -0.2) is 29.2 Å². The molecule has 0 aliphatic heterocycles. The Bertz CT molecular complexity index is 1230. The number of sulfone groups is 1. The highest BCUT2D eigenvalue weighted by Gasteiger charge is 2.10. The van der Waals surface area contributed by atoms with Crippen LogP contribution in [0.5, 0.6) is 0 Å². The van der Waals surface area contributed by atoms with Gasteiger partial charge in [0.25, 0.3) is 0 Å². The summed E-state index contributed by atoms with van der Waals surface area (Å²) in [6.07, 6.45) is 5.03. The van der Waals surface area contributed by atoms with Crippen LogP contribution in [0.15, 0.2) is 71.9 Å². The second kappa shape index (κ2) is 6.63. The number of fused-ring (bicyclic) bond motifs is 1. The third-order valence-corrected chi connectivity index (χ3v) is 5.78. The van der Waals surface area contributed by atoms with Crippen molar-refractivity contribution in [3.8, 4) is 11.3 Å². The van der Waals surface area contributed by atoms with Gasteiger partial charge in [-0.2, -0.15) is 0 Å². The Morgan fingerprint density at radius 2 is 1.78 bits per heavy atom. The van der Waals surface area contributed by atoms with Gasteiger partial charge in [0.1, 0.15) is 5.65 Å². The zero-order valence-electron chi connectivity index (χ0n) is 15.1. The first-order valence-electron chi connectivity index (χ1n) is 8.59. The van der Waals surface area contributed by atoms with Crippen LogP contribution in [0.1, 0.15) is 11.3 Å². The third kappa shape index (κ3) is 3.48. The summed E-state index contributed by atoms with van der Waals surface area (Å²) in [6.45, 7) is 2.70. The maximum Gasteiger partial charge on any atom is 0.175 e. The zero-order chi connectivity index (χ0) is 19.0. The van der Waals surface area contributed by atoms with Crippen molar-refractivity contribution in [2.75, 3.05) is 6.26 Å². The molecule has 6 heteroatoms. The minimum Gasteiger partial charge on any atom is -0.328 e. The van der Waals surface area contributed by atoms with Crippen molar-refractivity contribution in [3.05, 3.63) is 78.2 Å². The molecule has 0 N–H and O–H groups in total. The Balaban J connectivity index is 1.73. The monoisotopic (exact) mass is 377 g/mol. The number of hydrogen-bond acceptors (Lipinski definition) is 4. The lowest BCUT2D eigenvalue weighted by Crippen LogP contribution is -2.02. The molecule has 0 unspecified atom stereocenters. The summed E-state index contributed by atoms with van der Waals surface area (Å²) in [6, 6.07) is 16.9. The van der Waals surface area contributed by atoms with Crippen LogP contribution in [0.3, 0.4) is 0 Å². The smallest absolute Gasteiger partial charge is 0.175 e. The van der Waals surface area contributed by atoms with Crippen LogP contribution in [0.2, 0.25) is 0 Å². The molecule has 0 aliphatic carbocycles. The lowest BCUT2D eigenvalue weighted by molar-refractivity contribution is 0.602. The molecule has 0 saturated carbocycles. The van der Waals surface area contributed by atoms with Crippen molar-refractivity contribution in [2.24, 2.45) is 0 Å². The molecule has 0 saturated heterocycles. The number of rotatable bonds is 4. The van der Waals surface area contributed by atoms with E-state index < -0.39 is 9.84 Å². The number of pyridine rings is 2. The van der Waals surface area contributed by atoms with Crippen molar-refractivity contribution in [1.82, 2.24) is 14.5 Å². The summed E-state index contributed by atoms with van der Waals surface area (Å²) in [7, 11) is -3.20. The molecule has 0 bridgehead atoms. The van der Waals surface area contributed by atoms with Gasteiger partial charge in [-0.15, -0.1) is 0 Å². The lowest BCUT2D eigenvalue weighted by atomic mass is 10.1. The van der Waals surface area contributed by atoms with Crippen LogP contribution in [0, 0.1) is 6.92 Å². The second-order valence-electron chi connectivity index (χ2n) is 6.60. The molecule has 4 aromatic rings. The highest BCUT2D eigenvalue weighted by Crippen LogP contribution is 2.24. The van der Waals surface area contributed by atoms with E-state index in [4.69, 9.17) is 4.98 Å². The van der Waals surface area contributed by atoms with Gasteiger partial charge in [0.15, 0.2) is 9.84 Å². The molecule has 0 aliphatic rings. The molecule has 0 radical (unpaired) electrons. The zero-order valence-corrected chi connectivity index (χ0v) is 15.9. The highest BCUT2D eigenvalue weighted by molar-refractivity contribution is 7.90. The first-order chi connectivity index (χ1) is 12.9. The van der Waals surface area contributed by atoms with Crippen LogP contribution >= 0.6 is 0 Å². The quantitative estimate of drug-likeness (QED) is 0.542. The fraction of sp³-hybridized carbons (Fsp3) is 0.143. The number of hydrogen-bond donors (Lipinski definition) is 0. The number of aromatic nitrogens is 3. The van der Waals surface area contributed by atoms with E-state index in [1.165, 1.54) is 6.26 Å². The molecule has 4 rings (SSSR count). The van der Waals surface area contributed by atoms with Crippen LogP contribution in [-0.2, 0) is 16.4 Å². The molecule has 27 heavy (non-hydrogen) atoms. The Labute approximate surface area is 158 Å². The van der Waals surface area contributed by atoms with E-state index in [0.29, 0.717) is 11.4 Å². The molecule has 3 aromatic heterocycles. The minimum atomic E-state index is -3.20. The van der Waals surface area contributed by atoms with Gasteiger partial charge in [0.2, 0.25) is 0 Å². The SMILES string of the molecule is Cc1ncccc1Cn1ccc2ccc(-c3ccc(S(C)(=O)=O)cc3)nc21. The second-order valence-corrected chi connectivity index (χ2v) is 8.61. The van der Waals surface area contributed by atoms with Crippen LogP contribution in [0.4, 0.5) is 0 Å². The summed E-state index contributed by atoms with van der Waals surface area (Å²) in [5.74, 6) is 0. The van der Waals surface area contributed by atoms with Gasteiger partial charge in [-0.05, 0) is 48.9 Å². The van der Waals surface area contributed by atoms with Crippen molar-refractivity contribution < 1.29 is 8.42 Å². The first kappa shape index (κ1) is 17.4. The highest BCUT2D eigenvalue weighted by atomic mass is 32.2. The predicted molar refractivity (Wildman–Crippen MR) is 106 cm³/mol. The van der Waals surface area contributed by atoms with E-state index in [1.807, 2.05) is 37.4 Å². The first-order valence-corrected chi connectivity index (χ1v) is 10.5. The van der Waals surface area contributed by atoms with E-state index in [1.54, 1.807) is 30.5 Å². The van der Waals surface area contributed by atoms with Crippen molar-refractivity contribution in [3.63, 3.8) is 0 Å². The molecular formula is C21H19N3O2S. The van der Waals surface area contributed by atoms with Gasteiger partial charge in [0, 0.05) is 35.3 Å². The Morgan fingerprint density at radius 1 is 1.00 bits per heavy atom. The molecule has 0 atom stereocenters. The van der Waals surface area contributed by atoms with Crippen LogP contribution < -0.4 is 0 Å². The molecule has 0 fully saturated rings. The van der Waals surface area contributed by atoms with E-state index in [0.717, 1.165) is 33.5 Å². The Kier molecular flexibility index (Phi) is 4.28. The number of benzene rings is 1. The lowest BCUT2D eigenvalue weighted by Gasteiger charge is -2.09. The van der Waals surface area contributed by atoms with Crippen molar-refractivity contribution in [1.29, 1.82) is 0 Å². The molecule has 1 aromatic carbocycles. The summed E-state index contributed by atoms with van der Waals surface area (Å²) in [4.78, 5) is 9.47. The average molecular weight is 377 g/mol. The summed E-state index contributed by atoms with van der Waals surface area (Å²) in [5, 5.41) is 1.06. The number of nitrogens with zero attached hydrogens (tertiary/aromatic N) is 3. The van der Waals surface area contributed by atoms with E-state index >= 15 is 0 Å². The van der Waals surface area contributed by atoms with Gasteiger partial charge in [-0.25, -0.2) is 13.4 Å². The maximum atomic E-state index is 11.6. The topological polar surface area (TPSA) is 64.8 Å². The van der Waals surface area contributed by atoms with Gasteiger partial charge < -0.3 is 4.57 Å². The maximum absolute atomic E-state index is 11.6. The third-order valence-electron chi connectivity index (χ3n) is 4.65. The molecule has 0 spiro atoms. The van der Waals surface area contributed by atoms with E-state index in [9.17, 15) is 8.42 Å².